The molecule has 3 aromatic rings. The molecule has 0 spiro atoms. The van der Waals surface area contributed by atoms with E-state index in [-0.39, 0.29) is 18.3 Å². The number of alkyl halides is 6. The molecule has 1 aromatic heterocycles. The van der Waals surface area contributed by atoms with Crippen LogP contribution in [0.1, 0.15) is 36.2 Å². The molecule has 2 atom stereocenters. The van der Waals surface area contributed by atoms with Crippen LogP contribution in [-0.2, 0) is 12.8 Å². The lowest BCUT2D eigenvalue weighted by Gasteiger charge is -2.19. The summed E-state index contributed by atoms with van der Waals surface area (Å²) in [6.45, 7) is 1.38. The van der Waals surface area contributed by atoms with Crippen molar-refractivity contribution in [2.45, 2.75) is 44.3 Å². The first-order valence-electron chi connectivity index (χ1n) is 9.87. The van der Waals surface area contributed by atoms with Crippen molar-refractivity contribution in [2.75, 3.05) is 0 Å². The first-order chi connectivity index (χ1) is 16.0. The normalized spacial score (nSPS) is 13.6. The van der Waals surface area contributed by atoms with Crippen LogP contribution in [0.3, 0.4) is 0 Å². The molecule has 0 fully saturated rings. The zero-order valence-corrected chi connectivity index (χ0v) is 17.6. The van der Waals surface area contributed by atoms with E-state index in [0.717, 1.165) is 12.1 Å². The molecule has 0 aliphatic carbocycles. The van der Waals surface area contributed by atoms with Crippen LogP contribution in [0.5, 0.6) is 5.75 Å². The van der Waals surface area contributed by atoms with Crippen molar-refractivity contribution in [1.29, 1.82) is 0 Å². The molecule has 0 bridgehead atoms. The van der Waals surface area contributed by atoms with Crippen molar-refractivity contribution in [3.8, 4) is 29.0 Å². The standard InChI is InChI=1S/C23H18F6N2O3/c1-2-3-16(12-19(32)23(27,28)29)14-6-10-18(11-7-14)33-13-20-30-21(34-31-20)15-4-8-17(9-5-15)22(24,25)26/h4-11,16,19,32H,12-13H2,1H3. The van der Waals surface area contributed by atoms with Crippen LogP contribution >= 0.6 is 0 Å². The molecule has 11 heteroatoms. The van der Waals surface area contributed by atoms with Gasteiger partial charge < -0.3 is 14.4 Å². The quantitative estimate of drug-likeness (QED) is 0.342. The molecule has 2 unspecified atom stereocenters. The second-order valence-corrected chi connectivity index (χ2v) is 7.19. The predicted molar refractivity (Wildman–Crippen MR) is 108 cm³/mol. The zero-order chi connectivity index (χ0) is 24.9. The van der Waals surface area contributed by atoms with Crippen LogP contribution < -0.4 is 4.74 Å². The topological polar surface area (TPSA) is 68.4 Å². The number of halogens is 6. The number of ether oxygens (including phenoxy) is 1. The van der Waals surface area contributed by atoms with Gasteiger partial charge in [0.25, 0.3) is 5.89 Å². The summed E-state index contributed by atoms with van der Waals surface area (Å²) in [5, 5.41) is 13.1. The number of aliphatic hydroxyl groups is 1. The van der Waals surface area contributed by atoms with Gasteiger partial charge >= 0.3 is 12.4 Å². The minimum absolute atomic E-state index is 0.0203. The van der Waals surface area contributed by atoms with Crippen LogP contribution in [0, 0.1) is 11.8 Å². The minimum atomic E-state index is -4.74. The Kier molecular flexibility index (Phi) is 7.51. The lowest BCUT2D eigenvalue weighted by molar-refractivity contribution is -0.205. The largest absolute Gasteiger partial charge is 0.485 e. The van der Waals surface area contributed by atoms with Gasteiger partial charge in [-0.1, -0.05) is 23.2 Å². The van der Waals surface area contributed by atoms with Gasteiger partial charge in [0, 0.05) is 11.5 Å². The molecular formula is C23H18F6N2O3. The van der Waals surface area contributed by atoms with Gasteiger partial charge in [-0.15, -0.1) is 5.92 Å². The number of aromatic nitrogens is 2. The molecule has 180 valence electrons. The monoisotopic (exact) mass is 484 g/mol. The number of rotatable bonds is 7. The van der Waals surface area contributed by atoms with Crippen LogP contribution in [0.25, 0.3) is 11.5 Å². The van der Waals surface area contributed by atoms with E-state index in [9.17, 15) is 31.4 Å². The Morgan fingerprint density at radius 1 is 1.00 bits per heavy atom. The van der Waals surface area contributed by atoms with Crippen molar-refractivity contribution in [3.63, 3.8) is 0 Å². The van der Waals surface area contributed by atoms with Crippen molar-refractivity contribution >= 4 is 0 Å². The Balaban J connectivity index is 1.62. The highest BCUT2D eigenvalue weighted by Crippen LogP contribution is 2.31. The van der Waals surface area contributed by atoms with Gasteiger partial charge in [0.05, 0.1) is 5.56 Å². The highest BCUT2D eigenvalue weighted by molar-refractivity contribution is 5.53. The molecule has 0 saturated carbocycles. The summed E-state index contributed by atoms with van der Waals surface area (Å²) in [5.41, 5.74) is -0.0165. The molecule has 0 aliphatic heterocycles. The van der Waals surface area contributed by atoms with Crippen molar-refractivity contribution in [2.24, 2.45) is 0 Å². The zero-order valence-electron chi connectivity index (χ0n) is 17.6. The van der Waals surface area contributed by atoms with E-state index in [0.29, 0.717) is 16.9 Å². The molecule has 1 heterocycles. The predicted octanol–water partition coefficient (Wildman–Crippen LogP) is 5.75. The number of hydrogen-bond acceptors (Lipinski definition) is 5. The Labute approximate surface area is 190 Å². The summed E-state index contributed by atoms with van der Waals surface area (Å²) in [7, 11) is 0. The summed E-state index contributed by atoms with van der Waals surface area (Å²) < 4.78 is 86.6. The molecule has 0 radical (unpaired) electrons. The van der Waals surface area contributed by atoms with Gasteiger partial charge in [0.15, 0.2) is 12.7 Å². The number of nitrogens with zero attached hydrogens (tertiary/aromatic N) is 2. The fourth-order valence-electron chi connectivity index (χ4n) is 2.99. The Morgan fingerprint density at radius 3 is 2.21 bits per heavy atom. The Hall–Kier alpha value is -3.52. The molecule has 3 rings (SSSR count). The Morgan fingerprint density at radius 2 is 1.65 bits per heavy atom. The maximum Gasteiger partial charge on any atom is 0.416 e. The van der Waals surface area contributed by atoms with Gasteiger partial charge in [-0.2, -0.15) is 31.3 Å². The van der Waals surface area contributed by atoms with Crippen LogP contribution in [0.15, 0.2) is 53.1 Å². The van der Waals surface area contributed by atoms with E-state index >= 15 is 0 Å². The van der Waals surface area contributed by atoms with E-state index in [1.54, 1.807) is 0 Å². The molecular weight excluding hydrogens is 466 g/mol. The molecule has 1 N–H and O–H groups in total. The van der Waals surface area contributed by atoms with Crippen molar-refractivity contribution in [1.82, 2.24) is 10.1 Å². The van der Waals surface area contributed by atoms with Gasteiger partial charge in [0.2, 0.25) is 5.82 Å². The summed E-state index contributed by atoms with van der Waals surface area (Å²) in [6.07, 6.45) is -12.3. The van der Waals surface area contributed by atoms with Crippen molar-refractivity contribution < 1.29 is 40.7 Å². The summed E-state index contributed by atoms with van der Waals surface area (Å²) in [4.78, 5) is 4.08. The Bertz CT molecular complexity index is 1140. The number of aliphatic hydroxyl groups excluding tert-OH is 1. The van der Waals surface area contributed by atoms with E-state index in [2.05, 4.69) is 22.0 Å². The third-order valence-corrected chi connectivity index (χ3v) is 4.73. The summed E-state index contributed by atoms with van der Waals surface area (Å²) in [5.74, 6) is 4.94. The molecule has 0 amide bonds. The molecule has 5 nitrogen and oxygen atoms in total. The first kappa shape index (κ1) is 25.1. The molecule has 34 heavy (non-hydrogen) atoms. The van der Waals surface area contributed by atoms with E-state index in [1.165, 1.54) is 43.3 Å². The minimum Gasteiger partial charge on any atom is -0.485 e. The highest BCUT2D eigenvalue weighted by Gasteiger charge is 2.39. The van der Waals surface area contributed by atoms with E-state index < -0.39 is 36.4 Å². The second kappa shape index (κ2) is 10.2. The number of hydrogen-bond donors (Lipinski definition) is 1. The summed E-state index contributed by atoms with van der Waals surface area (Å²) in [6, 6.07) is 10.4. The van der Waals surface area contributed by atoms with Crippen LogP contribution in [0.4, 0.5) is 26.3 Å². The van der Waals surface area contributed by atoms with E-state index in [4.69, 9.17) is 9.26 Å². The van der Waals surface area contributed by atoms with Crippen LogP contribution in [-0.4, -0.2) is 27.5 Å². The maximum atomic E-state index is 12.7. The fourth-order valence-corrected chi connectivity index (χ4v) is 2.99. The second-order valence-electron chi connectivity index (χ2n) is 7.19. The van der Waals surface area contributed by atoms with Crippen LogP contribution in [0.2, 0.25) is 0 Å². The number of benzene rings is 2. The molecule has 0 aliphatic rings. The molecule has 2 aromatic carbocycles. The average Bonchev–Trinajstić information content (AvgIpc) is 3.26. The van der Waals surface area contributed by atoms with Gasteiger partial charge in [-0.25, -0.2) is 0 Å². The SMILES string of the molecule is CC#CC(CC(O)C(F)(F)F)c1ccc(OCc2noc(-c3ccc(C(F)(F)F)cc3)n2)cc1. The van der Waals surface area contributed by atoms with Gasteiger partial charge in [-0.3, -0.25) is 0 Å². The van der Waals surface area contributed by atoms with Crippen molar-refractivity contribution in [3.05, 3.63) is 65.5 Å². The third kappa shape index (κ3) is 6.51. The highest BCUT2D eigenvalue weighted by atomic mass is 19.4. The lowest BCUT2D eigenvalue weighted by atomic mass is 9.93. The summed E-state index contributed by atoms with van der Waals surface area (Å²) >= 11 is 0. The maximum absolute atomic E-state index is 12.7. The lowest BCUT2D eigenvalue weighted by Crippen LogP contribution is -2.30. The average molecular weight is 484 g/mol. The first-order valence-corrected chi connectivity index (χ1v) is 9.87. The smallest absolute Gasteiger partial charge is 0.416 e. The fraction of sp³-hybridized carbons (Fsp3) is 0.304. The van der Waals surface area contributed by atoms with E-state index in [1.807, 2.05) is 0 Å². The van der Waals surface area contributed by atoms with Gasteiger partial charge in [0.1, 0.15) is 5.75 Å². The van der Waals surface area contributed by atoms with Gasteiger partial charge in [-0.05, 0) is 55.3 Å². The molecule has 0 saturated heterocycles. The third-order valence-electron chi connectivity index (χ3n) is 4.73.